The monoisotopic (exact) mass is 397 g/mol. The normalized spacial score (nSPS) is 19.4. The molecule has 2 amide bonds. The van der Waals surface area contributed by atoms with Gasteiger partial charge in [0.2, 0.25) is 10.0 Å². The van der Waals surface area contributed by atoms with E-state index in [0.717, 1.165) is 25.7 Å². The predicted octanol–water partition coefficient (Wildman–Crippen LogP) is 2.17. The Morgan fingerprint density at radius 2 is 1.89 bits per heavy atom. The number of urea groups is 1. The van der Waals surface area contributed by atoms with Crippen LogP contribution in [0.25, 0.3) is 0 Å². The van der Waals surface area contributed by atoms with Gasteiger partial charge in [-0.1, -0.05) is 19.3 Å². The Labute approximate surface area is 160 Å². The van der Waals surface area contributed by atoms with Crippen LogP contribution in [0.5, 0.6) is 5.75 Å². The fourth-order valence-electron chi connectivity index (χ4n) is 3.48. The Bertz CT molecular complexity index is 756. The number of ether oxygens (including phenoxy) is 2. The lowest BCUT2D eigenvalue weighted by Gasteiger charge is -2.27. The van der Waals surface area contributed by atoms with Crippen molar-refractivity contribution in [2.24, 2.45) is 0 Å². The van der Waals surface area contributed by atoms with Gasteiger partial charge in [-0.2, -0.15) is 4.31 Å². The minimum atomic E-state index is -3.73. The van der Waals surface area contributed by atoms with Crippen molar-refractivity contribution in [2.75, 3.05) is 38.7 Å². The third-order valence-corrected chi connectivity index (χ3v) is 6.87. The fourth-order valence-corrected chi connectivity index (χ4v) is 5.07. The SMILES string of the molecule is COc1ccc(NC(=O)NC2CCCCC2)cc1S(=O)(=O)N1CCOCC1. The summed E-state index contributed by atoms with van der Waals surface area (Å²) in [5.74, 6) is 0.250. The number of carbonyl (C=O) groups excluding carboxylic acids is 1. The summed E-state index contributed by atoms with van der Waals surface area (Å²) in [4.78, 5) is 12.3. The van der Waals surface area contributed by atoms with Crippen molar-refractivity contribution >= 4 is 21.7 Å². The number of rotatable bonds is 5. The van der Waals surface area contributed by atoms with Gasteiger partial charge in [-0.25, -0.2) is 13.2 Å². The molecule has 1 heterocycles. The van der Waals surface area contributed by atoms with E-state index in [2.05, 4.69) is 10.6 Å². The molecular weight excluding hydrogens is 370 g/mol. The number of benzene rings is 1. The van der Waals surface area contributed by atoms with Crippen LogP contribution in [0.1, 0.15) is 32.1 Å². The molecule has 0 bridgehead atoms. The van der Waals surface area contributed by atoms with E-state index in [1.54, 1.807) is 12.1 Å². The van der Waals surface area contributed by atoms with Crippen molar-refractivity contribution in [1.82, 2.24) is 9.62 Å². The lowest BCUT2D eigenvalue weighted by Crippen LogP contribution is -2.41. The average Bonchev–Trinajstić information content (AvgIpc) is 2.69. The highest BCUT2D eigenvalue weighted by Crippen LogP contribution is 2.30. The van der Waals surface area contributed by atoms with E-state index in [4.69, 9.17) is 9.47 Å². The quantitative estimate of drug-likeness (QED) is 0.794. The number of anilines is 1. The molecule has 150 valence electrons. The summed E-state index contributed by atoms with van der Waals surface area (Å²) in [5, 5.41) is 5.70. The van der Waals surface area contributed by atoms with Crippen LogP contribution in [0.3, 0.4) is 0 Å². The number of morpholine rings is 1. The van der Waals surface area contributed by atoms with E-state index < -0.39 is 10.0 Å². The molecule has 27 heavy (non-hydrogen) atoms. The van der Waals surface area contributed by atoms with Gasteiger partial charge in [0.25, 0.3) is 0 Å². The van der Waals surface area contributed by atoms with Gasteiger partial charge < -0.3 is 20.1 Å². The Hall–Kier alpha value is -1.84. The van der Waals surface area contributed by atoms with Gasteiger partial charge in [0.1, 0.15) is 10.6 Å². The molecule has 2 N–H and O–H groups in total. The molecule has 0 atom stereocenters. The second kappa shape index (κ2) is 8.90. The number of hydrogen-bond donors (Lipinski definition) is 2. The van der Waals surface area contributed by atoms with Crippen molar-refractivity contribution in [3.63, 3.8) is 0 Å². The van der Waals surface area contributed by atoms with Crippen molar-refractivity contribution in [1.29, 1.82) is 0 Å². The van der Waals surface area contributed by atoms with Gasteiger partial charge in [0.05, 0.1) is 20.3 Å². The molecule has 0 aromatic heterocycles. The highest BCUT2D eigenvalue weighted by molar-refractivity contribution is 7.89. The molecule has 2 fully saturated rings. The van der Waals surface area contributed by atoms with E-state index in [9.17, 15) is 13.2 Å². The second-order valence-corrected chi connectivity index (χ2v) is 8.72. The maximum atomic E-state index is 13.0. The number of amides is 2. The first-order valence-electron chi connectivity index (χ1n) is 9.34. The molecule has 0 radical (unpaired) electrons. The van der Waals surface area contributed by atoms with Crippen molar-refractivity contribution in [3.05, 3.63) is 18.2 Å². The Morgan fingerprint density at radius 1 is 1.19 bits per heavy atom. The number of nitrogens with zero attached hydrogens (tertiary/aromatic N) is 1. The molecule has 9 heteroatoms. The van der Waals surface area contributed by atoms with Gasteiger partial charge >= 0.3 is 6.03 Å². The topological polar surface area (TPSA) is 97.0 Å². The average molecular weight is 397 g/mol. The third kappa shape index (κ3) is 4.91. The fraction of sp³-hybridized carbons (Fsp3) is 0.611. The van der Waals surface area contributed by atoms with E-state index in [0.29, 0.717) is 32.0 Å². The van der Waals surface area contributed by atoms with E-state index in [-0.39, 0.29) is 22.7 Å². The molecule has 2 aliphatic rings. The molecule has 1 aromatic rings. The highest BCUT2D eigenvalue weighted by atomic mass is 32.2. The minimum absolute atomic E-state index is 0.0439. The summed E-state index contributed by atoms with van der Waals surface area (Å²) < 4.78 is 37.8. The summed E-state index contributed by atoms with van der Waals surface area (Å²) in [5.41, 5.74) is 0.413. The number of methoxy groups -OCH3 is 1. The molecular formula is C18H27N3O5S. The zero-order valence-corrected chi connectivity index (χ0v) is 16.4. The van der Waals surface area contributed by atoms with Gasteiger partial charge in [0.15, 0.2) is 0 Å². The second-order valence-electron chi connectivity index (χ2n) is 6.82. The van der Waals surface area contributed by atoms with Crippen LogP contribution >= 0.6 is 0 Å². The number of carbonyl (C=O) groups is 1. The maximum Gasteiger partial charge on any atom is 0.319 e. The lowest BCUT2D eigenvalue weighted by atomic mass is 9.96. The number of hydrogen-bond acceptors (Lipinski definition) is 5. The molecule has 1 saturated carbocycles. The predicted molar refractivity (Wildman–Crippen MR) is 102 cm³/mol. The molecule has 1 saturated heterocycles. The summed E-state index contributed by atoms with van der Waals surface area (Å²) in [6, 6.07) is 4.50. The number of nitrogens with one attached hydrogen (secondary N) is 2. The molecule has 1 aliphatic carbocycles. The first-order chi connectivity index (χ1) is 13.0. The summed E-state index contributed by atoms with van der Waals surface area (Å²) in [6.07, 6.45) is 5.41. The molecule has 1 aliphatic heterocycles. The van der Waals surface area contributed by atoms with Crippen LogP contribution in [-0.4, -0.2) is 58.2 Å². The summed E-state index contributed by atoms with van der Waals surface area (Å²) >= 11 is 0. The van der Waals surface area contributed by atoms with Crippen molar-refractivity contribution in [2.45, 2.75) is 43.0 Å². The van der Waals surface area contributed by atoms with Gasteiger partial charge in [-0.15, -0.1) is 0 Å². The van der Waals surface area contributed by atoms with Gasteiger partial charge in [-0.3, -0.25) is 0 Å². The Morgan fingerprint density at radius 3 is 2.56 bits per heavy atom. The first-order valence-corrected chi connectivity index (χ1v) is 10.8. The first kappa shape index (κ1) is 19.9. The standard InChI is InChI=1S/C18H27N3O5S/c1-25-16-8-7-15(20-18(22)19-14-5-3-2-4-6-14)13-17(16)27(23,24)21-9-11-26-12-10-21/h7-8,13-14H,2-6,9-12H2,1H3,(H2,19,20,22). The molecule has 0 spiro atoms. The lowest BCUT2D eigenvalue weighted by molar-refractivity contribution is 0.0729. The van der Waals surface area contributed by atoms with Crippen LogP contribution in [0, 0.1) is 0 Å². The molecule has 3 rings (SSSR count). The van der Waals surface area contributed by atoms with E-state index in [1.165, 1.54) is 23.9 Å². The van der Waals surface area contributed by atoms with Crippen LogP contribution in [-0.2, 0) is 14.8 Å². The van der Waals surface area contributed by atoms with E-state index >= 15 is 0 Å². The van der Waals surface area contributed by atoms with Crippen molar-refractivity contribution < 1.29 is 22.7 Å². The molecule has 1 aromatic carbocycles. The largest absolute Gasteiger partial charge is 0.495 e. The van der Waals surface area contributed by atoms with Crippen LogP contribution < -0.4 is 15.4 Å². The van der Waals surface area contributed by atoms with Crippen molar-refractivity contribution in [3.8, 4) is 5.75 Å². The number of sulfonamides is 1. The maximum absolute atomic E-state index is 13.0. The molecule has 8 nitrogen and oxygen atoms in total. The van der Waals surface area contributed by atoms with Gasteiger partial charge in [-0.05, 0) is 31.0 Å². The Kier molecular flexibility index (Phi) is 6.56. The van der Waals surface area contributed by atoms with Gasteiger partial charge in [0, 0.05) is 24.8 Å². The summed E-state index contributed by atoms with van der Waals surface area (Å²) in [6.45, 7) is 1.32. The smallest absolute Gasteiger partial charge is 0.319 e. The Balaban J connectivity index is 1.75. The van der Waals surface area contributed by atoms with Crippen LogP contribution in [0.2, 0.25) is 0 Å². The summed E-state index contributed by atoms with van der Waals surface area (Å²) in [7, 11) is -2.31. The third-order valence-electron chi connectivity index (χ3n) is 4.95. The minimum Gasteiger partial charge on any atom is -0.495 e. The molecule has 0 unspecified atom stereocenters. The van der Waals surface area contributed by atoms with Crippen LogP contribution in [0.15, 0.2) is 23.1 Å². The van der Waals surface area contributed by atoms with E-state index in [1.807, 2.05) is 0 Å². The zero-order chi connectivity index (χ0) is 19.3. The van der Waals surface area contributed by atoms with Crippen LogP contribution in [0.4, 0.5) is 10.5 Å². The highest BCUT2D eigenvalue weighted by Gasteiger charge is 2.29. The zero-order valence-electron chi connectivity index (χ0n) is 15.6.